The molecule has 2 heterocycles. The number of carbonyl (C=O) groups excluding carboxylic acids is 2. The van der Waals surface area contributed by atoms with Crippen molar-refractivity contribution in [3.05, 3.63) is 46.5 Å². The average molecular weight is 417 g/mol. The van der Waals surface area contributed by atoms with Gasteiger partial charge in [0.1, 0.15) is 5.75 Å². The Kier molecular flexibility index (Phi) is 7.20. The molecule has 1 aromatic heterocycles. The van der Waals surface area contributed by atoms with E-state index in [1.807, 2.05) is 30.5 Å². The van der Waals surface area contributed by atoms with Crippen molar-refractivity contribution in [1.29, 1.82) is 0 Å². The highest BCUT2D eigenvalue weighted by atomic mass is 32.1. The van der Waals surface area contributed by atoms with Gasteiger partial charge in [-0.15, -0.1) is 11.3 Å². The van der Waals surface area contributed by atoms with Gasteiger partial charge in [-0.25, -0.2) is 4.98 Å². The van der Waals surface area contributed by atoms with E-state index >= 15 is 0 Å². The predicted octanol–water partition coefficient (Wildman–Crippen LogP) is 1.70. The van der Waals surface area contributed by atoms with Crippen LogP contribution in [0.2, 0.25) is 0 Å². The molecule has 0 bridgehead atoms. The van der Waals surface area contributed by atoms with Gasteiger partial charge in [0.2, 0.25) is 5.91 Å². The van der Waals surface area contributed by atoms with Gasteiger partial charge in [0, 0.05) is 30.1 Å². The minimum atomic E-state index is -0.436. The number of thiazole rings is 1. The fourth-order valence-electron chi connectivity index (χ4n) is 2.81. The lowest BCUT2D eigenvalue weighted by Crippen LogP contribution is -2.41. The third kappa shape index (κ3) is 6.03. The molecule has 3 rings (SSSR count). The zero-order chi connectivity index (χ0) is 20.6. The number of methoxy groups -OCH3 is 1. The van der Waals surface area contributed by atoms with Gasteiger partial charge in [0.15, 0.2) is 5.13 Å². The molecule has 0 spiro atoms. The van der Waals surface area contributed by atoms with E-state index in [-0.39, 0.29) is 12.3 Å². The second-order valence-corrected chi connectivity index (χ2v) is 7.35. The number of amides is 2. The molecule has 2 amide bonds. The van der Waals surface area contributed by atoms with Gasteiger partial charge >= 0.3 is 0 Å². The maximum Gasteiger partial charge on any atom is 0.262 e. The number of rotatable bonds is 6. The van der Waals surface area contributed by atoms with Crippen molar-refractivity contribution in [2.24, 2.45) is 0 Å². The molecule has 0 atom stereocenters. The minimum Gasteiger partial charge on any atom is -0.496 e. The number of anilines is 1. The van der Waals surface area contributed by atoms with Crippen molar-refractivity contribution in [3.63, 3.8) is 0 Å². The molecule has 1 aliphatic heterocycles. The normalized spacial score (nSPS) is 14.1. The summed E-state index contributed by atoms with van der Waals surface area (Å²) in [7, 11) is 1.57. The van der Waals surface area contributed by atoms with Crippen LogP contribution < -0.4 is 20.5 Å². The number of hydrogen-bond acceptors (Lipinski definition) is 7. The maximum absolute atomic E-state index is 12.1. The standard InChI is InChI=1S/C20H24N4O4S/c1-14-3-5-17(27-2)15(11-14)4-6-18(25)22-23-19(26)12-16-13-29-20(21-16)24-7-9-28-10-8-24/h3-6,11,13H,7-10,12H2,1-2H3,(H,22,25)(H,23,26)/b6-4+. The fraction of sp³-hybridized carbons (Fsp3) is 0.350. The van der Waals surface area contributed by atoms with E-state index in [4.69, 9.17) is 9.47 Å². The summed E-state index contributed by atoms with van der Waals surface area (Å²) in [5.74, 6) is -0.101. The first-order valence-corrected chi connectivity index (χ1v) is 10.1. The number of morpholine rings is 1. The number of hydrogen-bond donors (Lipinski definition) is 2. The van der Waals surface area contributed by atoms with E-state index in [9.17, 15) is 9.59 Å². The van der Waals surface area contributed by atoms with Crippen LogP contribution in [0, 0.1) is 6.92 Å². The average Bonchev–Trinajstić information content (AvgIpc) is 3.20. The fourth-order valence-corrected chi connectivity index (χ4v) is 3.69. The number of hydrazine groups is 1. The van der Waals surface area contributed by atoms with Crippen molar-refractivity contribution >= 4 is 34.4 Å². The number of nitrogens with zero attached hydrogens (tertiary/aromatic N) is 2. The molecule has 154 valence electrons. The van der Waals surface area contributed by atoms with E-state index in [0.717, 1.165) is 29.3 Å². The molecule has 9 heteroatoms. The van der Waals surface area contributed by atoms with Crippen LogP contribution in [-0.4, -0.2) is 50.2 Å². The second-order valence-electron chi connectivity index (χ2n) is 6.51. The quantitative estimate of drug-likeness (QED) is 0.550. The molecule has 0 aliphatic carbocycles. The van der Waals surface area contributed by atoms with Crippen LogP contribution in [0.1, 0.15) is 16.8 Å². The summed E-state index contributed by atoms with van der Waals surface area (Å²) in [6.45, 7) is 4.92. The Morgan fingerprint density at radius 3 is 2.86 bits per heavy atom. The topological polar surface area (TPSA) is 92.8 Å². The van der Waals surface area contributed by atoms with Crippen LogP contribution in [-0.2, 0) is 20.7 Å². The van der Waals surface area contributed by atoms with Gasteiger partial charge in [0.25, 0.3) is 5.91 Å². The third-order valence-corrected chi connectivity index (χ3v) is 5.24. The van der Waals surface area contributed by atoms with Crippen LogP contribution in [0.4, 0.5) is 5.13 Å². The molecule has 1 saturated heterocycles. The van der Waals surface area contributed by atoms with Gasteiger partial charge in [-0.05, 0) is 25.1 Å². The highest BCUT2D eigenvalue weighted by Crippen LogP contribution is 2.22. The molecule has 8 nitrogen and oxygen atoms in total. The van der Waals surface area contributed by atoms with E-state index in [2.05, 4.69) is 20.7 Å². The number of aromatic nitrogens is 1. The zero-order valence-electron chi connectivity index (χ0n) is 16.4. The van der Waals surface area contributed by atoms with E-state index in [1.165, 1.54) is 17.4 Å². The first-order valence-electron chi connectivity index (χ1n) is 9.24. The van der Waals surface area contributed by atoms with Crippen LogP contribution >= 0.6 is 11.3 Å². The van der Waals surface area contributed by atoms with Gasteiger partial charge < -0.3 is 14.4 Å². The van der Waals surface area contributed by atoms with Crippen molar-refractivity contribution in [2.75, 3.05) is 38.3 Å². The summed E-state index contributed by atoms with van der Waals surface area (Å²) in [6, 6.07) is 5.68. The summed E-state index contributed by atoms with van der Waals surface area (Å²) in [6.07, 6.45) is 3.08. The molecule has 2 N–H and O–H groups in total. The Morgan fingerprint density at radius 2 is 2.10 bits per heavy atom. The van der Waals surface area contributed by atoms with Gasteiger partial charge in [-0.2, -0.15) is 0 Å². The Balaban J connectivity index is 1.47. The molecular formula is C20H24N4O4S. The first kappa shape index (κ1) is 20.8. The molecule has 1 aliphatic rings. The van der Waals surface area contributed by atoms with E-state index in [0.29, 0.717) is 24.7 Å². The summed E-state index contributed by atoms with van der Waals surface area (Å²) >= 11 is 1.50. The van der Waals surface area contributed by atoms with Crippen LogP contribution in [0.5, 0.6) is 5.75 Å². The molecule has 2 aromatic rings. The third-order valence-electron chi connectivity index (χ3n) is 4.29. The summed E-state index contributed by atoms with van der Waals surface area (Å²) in [5.41, 5.74) is 7.29. The Hall–Kier alpha value is -2.91. The second kappa shape index (κ2) is 10.0. The van der Waals surface area contributed by atoms with Crippen molar-refractivity contribution < 1.29 is 19.1 Å². The van der Waals surface area contributed by atoms with Crippen LogP contribution in [0.15, 0.2) is 29.7 Å². The van der Waals surface area contributed by atoms with E-state index < -0.39 is 5.91 Å². The number of benzene rings is 1. The van der Waals surface area contributed by atoms with Gasteiger partial charge in [-0.3, -0.25) is 20.4 Å². The van der Waals surface area contributed by atoms with Crippen LogP contribution in [0.25, 0.3) is 6.08 Å². The zero-order valence-corrected chi connectivity index (χ0v) is 17.3. The van der Waals surface area contributed by atoms with Crippen molar-refractivity contribution in [3.8, 4) is 5.75 Å². The monoisotopic (exact) mass is 416 g/mol. The number of ether oxygens (including phenoxy) is 2. The number of carbonyl (C=O) groups is 2. The van der Waals surface area contributed by atoms with E-state index in [1.54, 1.807) is 13.2 Å². The smallest absolute Gasteiger partial charge is 0.262 e. The van der Waals surface area contributed by atoms with Crippen LogP contribution in [0.3, 0.4) is 0 Å². The lowest BCUT2D eigenvalue weighted by molar-refractivity contribution is -0.126. The van der Waals surface area contributed by atoms with Gasteiger partial charge in [-0.1, -0.05) is 11.6 Å². The number of aryl methyl sites for hydroxylation is 1. The molecule has 1 aromatic carbocycles. The lowest BCUT2D eigenvalue weighted by Gasteiger charge is -2.26. The Morgan fingerprint density at radius 1 is 1.31 bits per heavy atom. The molecule has 1 fully saturated rings. The predicted molar refractivity (Wildman–Crippen MR) is 112 cm³/mol. The molecule has 29 heavy (non-hydrogen) atoms. The Labute approximate surface area is 173 Å². The molecule has 0 radical (unpaired) electrons. The Bertz CT molecular complexity index is 890. The summed E-state index contributed by atoms with van der Waals surface area (Å²) < 4.78 is 10.6. The highest BCUT2D eigenvalue weighted by molar-refractivity contribution is 7.13. The van der Waals surface area contributed by atoms with Crippen molar-refractivity contribution in [2.45, 2.75) is 13.3 Å². The molecule has 0 saturated carbocycles. The summed E-state index contributed by atoms with van der Waals surface area (Å²) in [5, 5.41) is 2.74. The summed E-state index contributed by atoms with van der Waals surface area (Å²) in [4.78, 5) is 30.7. The van der Waals surface area contributed by atoms with Gasteiger partial charge in [0.05, 0.1) is 32.4 Å². The SMILES string of the molecule is COc1ccc(C)cc1/C=C/C(=O)NNC(=O)Cc1csc(N2CCOCC2)n1. The maximum atomic E-state index is 12.1. The largest absolute Gasteiger partial charge is 0.496 e. The number of nitrogens with one attached hydrogen (secondary N) is 2. The molecule has 0 unspecified atom stereocenters. The van der Waals surface area contributed by atoms with Crippen molar-refractivity contribution in [1.82, 2.24) is 15.8 Å². The lowest BCUT2D eigenvalue weighted by atomic mass is 10.1. The first-order chi connectivity index (χ1) is 14.0. The minimum absolute atomic E-state index is 0.0938. The highest BCUT2D eigenvalue weighted by Gasteiger charge is 2.15. The molecular weight excluding hydrogens is 392 g/mol.